The predicted molar refractivity (Wildman–Crippen MR) is 230 cm³/mol. The minimum absolute atomic E-state index is 0.0788. The first-order valence-corrected chi connectivity index (χ1v) is 21.1. The number of ether oxygens (including phenoxy) is 1. The number of rotatable bonds is 23. The molecule has 4 heteroatoms. The number of aliphatic hydroxyl groups excluding tert-OH is 2. The second-order valence-electron chi connectivity index (χ2n) is 15.5. The Hall–Kier alpha value is -4.77. The Kier molecular flexibility index (Phi) is 15.7. The van der Waals surface area contributed by atoms with Gasteiger partial charge < -0.3 is 14.9 Å². The molecular weight excluding hydrogens is 689 g/mol. The summed E-state index contributed by atoms with van der Waals surface area (Å²) in [6.07, 6.45) is 17.0. The summed E-state index contributed by atoms with van der Waals surface area (Å²) in [6.45, 7) is 0.416. The van der Waals surface area contributed by atoms with Crippen LogP contribution in [0.25, 0.3) is 11.1 Å². The summed E-state index contributed by atoms with van der Waals surface area (Å²) >= 11 is 0. The van der Waals surface area contributed by atoms with E-state index in [1.807, 2.05) is 60.7 Å². The number of allylic oxidation sites excluding steroid dienone is 1. The van der Waals surface area contributed by atoms with Gasteiger partial charge in [0.15, 0.2) is 0 Å². The lowest BCUT2D eigenvalue weighted by atomic mass is 9.64. The summed E-state index contributed by atoms with van der Waals surface area (Å²) in [4.78, 5) is 12.5. The van der Waals surface area contributed by atoms with Crippen LogP contribution in [-0.4, -0.2) is 35.0 Å². The van der Waals surface area contributed by atoms with Crippen molar-refractivity contribution >= 4 is 5.97 Å². The molecule has 5 aromatic carbocycles. The van der Waals surface area contributed by atoms with Crippen LogP contribution in [0, 0.1) is 0 Å². The maximum Gasteiger partial charge on any atom is 0.305 e. The maximum atomic E-state index is 12.5. The Balaban J connectivity index is 0.811. The minimum Gasteiger partial charge on any atom is -0.465 e. The van der Waals surface area contributed by atoms with E-state index in [1.165, 1.54) is 73.6 Å². The summed E-state index contributed by atoms with van der Waals surface area (Å²) in [7, 11) is 0. The molecule has 2 N–H and O–H groups in total. The fourth-order valence-corrected chi connectivity index (χ4v) is 8.73. The first kappa shape index (κ1) is 40.9. The van der Waals surface area contributed by atoms with Crippen LogP contribution >= 0.6 is 0 Å². The van der Waals surface area contributed by atoms with Gasteiger partial charge in [-0.15, -0.1) is 0 Å². The van der Waals surface area contributed by atoms with Crippen molar-refractivity contribution in [3.8, 4) is 11.1 Å². The van der Waals surface area contributed by atoms with Gasteiger partial charge in [-0.25, -0.2) is 0 Å². The molecule has 0 saturated carbocycles. The minimum atomic E-state index is -0.844. The highest BCUT2D eigenvalue weighted by molar-refractivity contribution is 5.79. The summed E-state index contributed by atoms with van der Waals surface area (Å²) in [6, 6.07) is 47.5. The molecule has 0 unspecified atom stereocenters. The number of hydrogen-bond donors (Lipinski definition) is 2. The summed E-state index contributed by atoms with van der Waals surface area (Å²) in [5.41, 5.74) is 7.23. The zero-order valence-corrected chi connectivity index (χ0v) is 33.0. The molecule has 0 aliphatic heterocycles. The molecule has 6 rings (SSSR count). The van der Waals surface area contributed by atoms with Crippen molar-refractivity contribution in [2.24, 2.45) is 0 Å². The smallest absolute Gasteiger partial charge is 0.305 e. The van der Waals surface area contributed by atoms with Crippen LogP contribution in [0.4, 0.5) is 0 Å². The first-order chi connectivity index (χ1) is 27.6. The first-order valence-electron chi connectivity index (χ1n) is 21.1. The van der Waals surface area contributed by atoms with Crippen molar-refractivity contribution in [3.63, 3.8) is 0 Å². The summed E-state index contributed by atoms with van der Waals surface area (Å²) in [5.74, 6) is 0.0480. The van der Waals surface area contributed by atoms with Gasteiger partial charge in [-0.2, -0.15) is 0 Å². The Morgan fingerprint density at radius 3 is 1.45 bits per heavy atom. The van der Waals surface area contributed by atoms with E-state index >= 15 is 0 Å². The molecule has 292 valence electrons. The third-order valence-corrected chi connectivity index (χ3v) is 11.6. The van der Waals surface area contributed by atoms with Crippen molar-refractivity contribution in [2.45, 2.75) is 113 Å². The highest BCUT2D eigenvalue weighted by atomic mass is 16.5. The quantitative estimate of drug-likeness (QED) is 0.0302. The fraction of sp³-hybridized carbons (Fsp3) is 0.365. The van der Waals surface area contributed by atoms with Crippen LogP contribution in [0.3, 0.4) is 0 Å². The molecule has 0 spiro atoms. The van der Waals surface area contributed by atoms with Crippen LogP contribution in [0.15, 0.2) is 152 Å². The highest BCUT2D eigenvalue weighted by Gasteiger charge is 2.43. The van der Waals surface area contributed by atoms with Gasteiger partial charge in [0.25, 0.3) is 0 Å². The van der Waals surface area contributed by atoms with Crippen LogP contribution in [-0.2, 0) is 14.9 Å². The summed E-state index contributed by atoms with van der Waals surface area (Å²) in [5, 5.41) is 23.1. The number of carbonyl (C=O) groups is 1. The number of benzene rings is 5. The molecule has 0 heterocycles. The Morgan fingerprint density at radius 1 is 0.554 bits per heavy atom. The van der Waals surface area contributed by atoms with E-state index in [-0.39, 0.29) is 18.3 Å². The second kappa shape index (κ2) is 21.5. The van der Waals surface area contributed by atoms with E-state index in [0.29, 0.717) is 13.0 Å². The van der Waals surface area contributed by atoms with Crippen molar-refractivity contribution in [1.82, 2.24) is 0 Å². The predicted octanol–water partition coefficient (Wildman–Crippen LogP) is 12.1. The van der Waals surface area contributed by atoms with Gasteiger partial charge in [0.05, 0.1) is 17.6 Å². The molecule has 56 heavy (non-hydrogen) atoms. The number of esters is 1. The van der Waals surface area contributed by atoms with Crippen molar-refractivity contribution in [3.05, 3.63) is 179 Å². The molecule has 4 nitrogen and oxygen atoms in total. The zero-order valence-electron chi connectivity index (χ0n) is 33.0. The number of fused-ring (bicyclic) bond motifs is 3. The van der Waals surface area contributed by atoms with E-state index in [4.69, 9.17) is 4.74 Å². The van der Waals surface area contributed by atoms with Crippen LogP contribution in [0.2, 0.25) is 0 Å². The average Bonchev–Trinajstić information content (AvgIpc) is 3.56. The summed E-state index contributed by atoms with van der Waals surface area (Å²) < 4.78 is 5.77. The number of hydrogen-bond acceptors (Lipinski definition) is 4. The second-order valence-corrected chi connectivity index (χ2v) is 15.5. The van der Waals surface area contributed by atoms with Crippen molar-refractivity contribution < 1.29 is 19.7 Å². The number of aliphatic hydroxyl groups is 2. The molecule has 2 atom stereocenters. The largest absolute Gasteiger partial charge is 0.465 e. The zero-order chi connectivity index (χ0) is 38.8. The van der Waals surface area contributed by atoms with Gasteiger partial charge in [-0.3, -0.25) is 4.79 Å². The van der Waals surface area contributed by atoms with Crippen LogP contribution < -0.4 is 0 Å². The van der Waals surface area contributed by atoms with Gasteiger partial charge in [-0.05, 0) is 58.2 Å². The lowest BCUT2D eigenvalue weighted by molar-refractivity contribution is -0.144. The lowest BCUT2D eigenvalue weighted by Crippen LogP contribution is -2.43. The van der Waals surface area contributed by atoms with Crippen molar-refractivity contribution in [2.75, 3.05) is 6.61 Å². The number of carbonyl (C=O) groups excluding carboxylic acids is 1. The standard InChI is InChI=1S/C52H60O4/c53-44(39-50(54)52(41-27-15-12-16-28-41,42-29-17-13-18-30-42)43-31-19-14-20-32-43)33-21-10-8-6-4-2-1-3-5-7-9-11-22-38-51(55)56-40-49-47-36-25-23-34-45(47)46-35-24-26-37-48(46)49/h12-21,23-37,44,49-50,53-54H,1-11,22,38-40H2/b33-21+/t44-,50+/m1/s1. The molecule has 5 aromatic rings. The monoisotopic (exact) mass is 748 g/mol. The van der Waals surface area contributed by atoms with Gasteiger partial charge in [0.1, 0.15) is 6.61 Å². The molecular formula is C52H60O4. The lowest BCUT2D eigenvalue weighted by Gasteiger charge is -2.40. The van der Waals surface area contributed by atoms with Crippen LogP contribution in [0.5, 0.6) is 0 Å². The Labute approximate surface area is 335 Å². The molecule has 1 aliphatic rings. The van der Waals surface area contributed by atoms with Crippen LogP contribution in [0.1, 0.15) is 124 Å². The Bertz CT molecular complexity index is 1780. The normalized spacial score (nSPS) is 13.7. The van der Waals surface area contributed by atoms with Gasteiger partial charge in [-0.1, -0.05) is 209 Å². The maximum absolute atomic E-state index is 12.5. The van der Waals surface area contributed by atoms with Gasteiger partial charge in [0, 0.05) is 18.8 Å². The topological polar surface area (TPSA) is 66.8 Å². The highest BCUT2D eigenvalue weighted by Crippen LogP contribution is 2.45. The van der Waals surface area contributed by atoms with E-state index in [1.54, 1.807) is 0 Å². The van der Waals surface area contributed by atoms with E-state index in [0.717, 1.165) is 42.4 Å². The fourth-order valence-electron chi connectivity index (χ4n) is 8.73. The van der Waals surface area contributed by atoms with E-state index in [9.17, 15) is 15.0 Å². The number of unbranched alkanes of at least 4 members (excludes halogenated alkanes) is 11. The molecule has 0 saturated heterocycles. The van der Waals surface area contributed by atoms with Gasteiger partial charge in [0.2, 0.25) is 0 Å². The van der Waals surface area contributed by atoms with E-state index < -0.39 is 17.6 Å². The Morgan fingerprint density at radius 2 is 0.964 bits per heavy atom. The molecule has 0 radical (unpaired) electrons. The molecule has 0 amide bonds. The SMILES string of the molecule is O=C(CCCCCCCCCCCCC/C=C/[C@@H](O)C[C@H](O)C(c1ccccc1)(c1ccccc1)c1ccccc1)OCC1c2ccccc2-c2ccccc21. The van der Waals surface area contributed by atoms with E-state index in [2.05, 4.69) is 91.0 Å². The average molecular weight is 749 g/mol. The molecule has 0 bridgehead atoms. The van der Waals surface area contributed by atoms with Crippen molar-refractivity contribution in [1.29, 1.82) is 0 Å². The third-order valence-electron chi connectivity index (χ3n) is 11.6. The van der Waals surface area contributed by atoms with Gasteiger partial charge >= 0.3 is 5.97 Å². The molecule has 0 aromatic heterocycles. The third kappa shape index (κ3) is 10.5. The molecule has 0 fully saturated rings. The molecule has 1 aliphatic carbocycles.